The van der Waals surface area contributed by atoms with Crippen molar-refractivity contribution in [3.63, 3.8) is 0 Å². The van der Waals surface area contributed by atoms with Crippen molar-refractivity contribution < 1.29 is 14.3 Å². The summed E-state index contributed by atoms with van der Waals surface area (Å²) in [6.45, 7) is 1.51. The van der Waals surface area contributed by atoms with E-state index < -0.39 is 17.7 Å². The highest BCUT2D eigenvalue weighted by Gasteiger charge is 2.16. The third kappa shape index (κ3) is 2.94. The highest BCUT2D eigenvalue weighted by atomic mass is 35.5. The van der Waals surface area contributed by atoms with Gasteiger partial charge in [0, 0.05) is 5.56 Å². The van der Waals surface area contributed by atoms with Crippen molar-refractivity contribution in [2.45, 2.75) is 12.8 Å². The molecule has 5 heteroatoms. The molecule has 0 spiro atoms. The molecular weight excluding hydrogens is 302 g/mol. The van der Waals surface area contributed by atoms with Crippen LogP contribution in [0.4, 0.5) is 4.39 Å². The Kier molecular flexibility index (Phi) is 4.31. The molecule has 2 aromatic carbocycles. The fourth-order valence-corrected chi connectivity index (χ4v) is 2.14. The van der Waals surface area contributed by atoms with E-state index in [-0.39, 0.29) is 0 Å². The van der Waals surface area contributed by atoms with Crippen molar-refractivity contribution in [1.29, 1.82) is 0 Å². The van der Waals surface area contributed by atoms with E-state index >= 15 is 0 Å². The van der Waals surface area contributed by atoms with Gasteiger partial charge >= 0.3 is 5.97 Å². The first-order valence-corrected chi connectivity index (χ1v) is 6.63. The summed E-state index contributed by atoms with van der Waals surface area (Å²) >= 11 is 11.7. The van der Waals surface area contributed by atoms with Crippen LogP contribution in [0, 0.1) is 5.82 Å². The predicted molar refractivity (Wildman–Crippen MR) is 77.9 cm³/mol. The van der Waals surface area contributed by atoms with Crippen LogP contribution in [0.25, 0.3) is 11.1 Å². The Morgan fingerprint density at radius 3 is 2.40 bits per heavy atom. The Morgan fingerprint density at radius 2 is 1.85 bits per heavy atom. The van der Waals surface area contributed by atoms with Crippen molar-refractivity contribution in [2.75, 3.05) is 0 Å². The lowest BCUT2D eigenvalue weighted by Crippen LogP contribution is -2.07. The standard InChI is InChI=1S/C15H11Cl2FO2/c1-8(15(19)20)9-2-4-11(14(18)7-9)10-3-5-12(16)13(17)6-10/h2-8H,1H3,(H,19,20)/t8-/m1/s1. The highest BCUT2D eigenvalue weighted by Crippen LogP contribution is 2.31. The van der Waals surface area contributed by atoms with Gasteiger partial charge in [-0.05, 0) is 36.2 Å². The molecule has 20 heavy (non-hydrogen) atoms. The van der Waals surface area contributed by atoms with Crippen LogP contribution in [0.1, 0.15) is 18.4 Å². The molecule has 2 rings (SSSR count). The molecule has 1 atom stereocenters. The van der Waals surface area contributed by atoms with Crippen molar-refractivity contribution in [1.82, 2.24) is 0 Å². The van der Waals surface area contributed by atoms with Crippen molar-refractivity contribution in [2.24, 2.45) is 0 Å². The molecule has 0 fully saturated rings. The van der Waals surface area contributed by atoms with Gasteiger partial charge in [0.2, 0.25) is 0 Å². The Balaban J connectivity index is 2.44. The second-order valence-corrected chi connectivity index (χ2v) is 5.24. The number of aliphatic carboxylic acids is 1. The number of rotatable bonds is 3. The third-order valence-corrected chi connectivity index (χ3v) is 3.83. The number of hydrogen-bond donors (Lipinski definition) is 1. The Bertz CT molecular complexity index is 671. The largest absolute Gasteiger partial charge is 0.481 e. The van der Waals surface area contributed by atoms with E-state index in [0.29, 0.717) is 26.7 Å². The van der Waals surface area contributed by atoms with Gasteiger partial charge in [0.05, 0.1) is 16.0 Å². The lowest BCUT2D eigenvalue weighted by atomic mass is 9.97. The average molecular weight is 313 g/mol. The van der Waals surface area contributed by atoms with Crippen LogP contribution in [0.5, 0.6) is 0 Å². The molecule has 0 radical (unpaired) electrons. The molecule has 1 N–H and O–H groups in total. The zero-order chi connectivity index (χ0) is 14.9. The molecule has 2 nitrogen and oxygen atoms in total. The van der Waals surface area contributed by atoms with Crippen molar-refractivity contribution >= 4 is 29.2 Å². The number of hydrogen-bond acceptors (Lipinski definition) is 1. The maximum Gasteiger partial charge on any atom is 0.310 e. The van der Waals surface area contributed by atoms with Gasteiger partial charge in [-0.15, -0.1) is 0 Å². The van der Waals surface area contributed by atoms with E-state index in [4.69, 9.17) is 28.3 Å². The fraction of sp³-hybridized carbons (Fsp3) is 0.133. The topological polar surface area (TPSA) is 37.3 Å². The van der Waals surface area contributed by atoms with Crippen LogP contribution in [-0.4, -0.2) is 11.1 Å². The maximum absolute atomic E-state index is 14.1. The smallest absolute Gasteiger partial charge is 0.310 e. The first-order chi connectivity index (χ1) is 9.40. The number of carboxylic acids is 1. The number of carbonyl (C=O) groups is 1. The summed E-state index contributed by atoms with van der Waals surface area (Å²) in [7, 11) is 0. The summed E-state index contributed by atoms with van der Waals surface area (Å²) in [6, 6.07) is 9.20. The van der Waals surface area contributed by atoms with E-state index in [1.165, 1.54) is 13.0 Å². The van der Waals surface area contributed by atoms with Gasteiger partial charge in [0.1, 0.15) is 5.82 Å². The minimum absolute atomic E-state index is 0.339. The summed E-state index contributed by atoms with van der Waals surface area (Å²) < 4.78 is 14.1. The summed E-state index contributed by atoms with van der Waals surface area (Å²) in [5.41, 5.74) is 1.36. The highest BCUT2D eigenvalue weighted by molar-refractivity contribution is 6.42. The summed E-state index contributed by atoms with van der Waals surface area (Å²) in [6.07, 6.45) is 0. The van der Waals surface area contributed by atoms with E-state index in [1.54, 1.807) is 30.3 Å². The van der Waals surface area contributed by atoms with Gasteiger partial charge in [0.25, 0.3) is 0 Å². The second-order valence-electron chi connectivity index (χ2n) is 4.43. The molecule has 0 heterocycles. The van der Waals surface area contributed by atoms with Crippen LogP contribution in [0.2, 0.25) is 10.0 Å². The van der Waals surface area contributed by atoms with E-state index in [9.17, 15) is 9.18 Å². The molecule has 0 bridgehead atoms. The van der Waals surface area contributed by atoms with E-state index in [1.807, 2.05) is 0 Å². The van der Waals surface area contributed by atoms with Crippen LogP contribution < -0.4 is 0 Å². The van der Waals surface area contributed by atoms with Crippen LogP contribution in [0.15, 0.2) is 36.4 Å². The molecular formula is C15H11Cl2FO2. The first-order valence-electron chi connectivity index (χ1n) is 5.88. The second kappa shape index (κ2) is 5.81. The molecule has 0 aliphatic carbocycles. The first kappa shape index (κ1) is 14.8. The van der Waals surface area contributed by atoms with Gasteiger partial charge in [0.15, 0.2) is 0 Å². The molecule has 0 unspecified atom stereocenters. The zero-order valence-corrected chi connectivity index (χ0v) is 12.0. The fourth-order valence-electron chi connectivity index (χ4n) is 1.84. The minimum Gasteiger partial charge on any atom is -0.481 e. The molecule has 0 amide bonds. The lowest BCUT2D eigenvalue weighted by molar-refractivity contribution is -0.138. The van der Waals surface area contributed by atoms with Gasteiger partial charge in [-0.1, -0.05) is 41.4 Å². The van der Waals surface area contributed by atoms with Gasteiger partial charge < -0.3 is 5.11 Å². The van der Waals surface area contributed by atoms with Crippen LogP contribution >= 0.6 is 23.2 Å². The van der Waals surface area contributed by atoms with E-state index in [2.05, 4.69) is 0 Å². The van der Waals surface area contributed by atoms with Crippen LogP contribution in [0.3, 0.4) is 0 Å². The molecule has 0 aliphatic heterocycles. The quantitative estimate of drug-likeness (QED) is 0.867. The Morgan fingerprint density at radius 1 is 1.15 bits per heavy atom. The Labute approximate surface area is 125 Å². The molecule has 0 saturated heterocycles. The number of halogens is 3. The average Bonchev–Trinajstić information content (AvgIpc) is 2.41. The third-order valence-electron chi connectivity index (χ3n) is 3.09. The van der Waals surface area contributed by atoms with Gasteiger partial charge in [-0.3, -0.25) is 4.79 Å². The molecule has 104 valence electrons. The SMILES string of the molecule is C[C@@H](C(=O)O)c1ccc(-c2ccc(Cl)c(Cl)c2)c(F)c1. The monoisotopic (exact) mass is 312 g/mol. The van der Waals surface area contributed by atoms with Crippen molar-refractivity contribution in [3.05, 3.63) is 57.8 Å². The minimum atomic E-state index is -0.994. The number of benzene rings is 2. The van der Waals surface area contributed by atoms with Crippen LogP contribution in [-0.2, 0) is 4.79 Å². The summed E-state index contributed by atoms with van der Waals surface area (Å²) in [5.74, 6) is -2.24. The summed E-state index contributed by atoms with van der Waals surface area (Å²) in [5, 5.41) is 9.66. The zero-order valence-electron chi connectivity index (χ0n) is 10.5. The van der Waals surface area contributed by atoms with Gasteiger partial charge in [-0.25, -0.2) is 4.39 Å². The molecule has 0 saturated carbocycles. The lowest BCUT2D eigenvalue weighted by Gasteiger charge is -2.10. The molecule has 2 aromatic rings. The Hall–Kier alpha value is -1.58. The molecule has 0 aromatic heterocycles. The van der Waals surface area contributed by atoms with Gasteiger partial charge in [-0.2, -0.15) is 0 Å². The normalized spacial score (nSPS) is 12.2. The van der Waals surface area contributed by atoms with E-state index in [0.717, 1.165) is 0 Å². The predicted octanol–water partition coefficient (Wildman–Crippen LogP) is 4.99. The maximum atomic E-state index is 14.1. The summed E-state index contributed by atoms with van der Waals surface area (Å²) in [4.78, 5) is 10.9. The van der Waals surface area contributed by atoms with Crippen molar-refractivity contribution in [3.8, 4) is 11.1 Å². The molecule has 0 aliphatic rings. The number of carboxylic acid groups (broad SMARTS) is 1.